The molecule has 1 aliphatic rings. The minimum atomic E-state index is -0.953. The van der Waals surface area contributed by atoms with Crippen molar-refractivity contribution in [2.45, 2.75) is 45.1 Å². The van der Waals surface area contributed by atoms with E-state index in [1.54, 1.807) is 24.3 Å². The molecule has 0 fully saturated rings. The number of hydrogen-bond acceptors (Lipinski definition) is 5. The first-order valence-electron chi connectivity index (χ1n) is 9.20. The van der Waals surface area contributed by atoms with Crippen molar-refractivity contribution < 1.29 is 14.3 Å². The summed E-state index contributed by atoms with van der Waals surface area (Å²) in [6.45, 7) is 2.04. The van der Waals surface area contributed by atoms with Crippen molar-refractivity contribution in [1.82, 2.24) is 15.5 Å². The second-order valence-corrected chi connectivity index (χ2v) is 6.64. The SMILES string of the molecule is C[C@H](OC(=O)c1n[nH]c(=O)c2ccccc12)C(=O)NCCC1=CCCCC1. The van der Waals surface area contributed by atoms with Gasteiger partial charge in [-0.05, 0) is 45.1 Å². The van der Waals surface area contributed by atoms with Crippen LogP contribution in [0.15, 0.2) is 40.7 Å². The number of rotatable bonds is 6. The van der Waals surface area contributed by atoms with Crippen molar-refractivity contribution in [3.63, 3.8) is 0 Å². The number of ether oxygens (including phenoxy) is 1. The van der Waals surface area contributed by atoms with Crippen molar-refractivity contribution >= 4 is 22.6 Å². The number of H-pyrrole nitrogens is 1. The number of allylic oxidation sites excluding steroid dienone is 1. The van der Waals surface area contributed by atoms with E-state index in [-0.39, 0.29) is 17.2 Å². The Balaban J connectivity index is 1.59. The highest BCUT2D eigenvalue weighted by Gasteiger charge is 2.22. The standard InChI is InChI=1S/C20H23N3O4/c1-13(18(24)21-12-11-14-7-3-2-4-8-14)27-20(26)17-15-9-5-6-10-16(15)19(25)23-22-17/h5-7,9-10,13H,2-4,8,11-12H2,1H3,(H,21,24)(H,23,25)/t13-/m0/s1. The summed E-state index contributed by atoms with van der Waals surface area (Å²) in [5.41, 5.74) is 0.970. The summed E-state index contributed by atoms with van der Waals surface area (Å²) in [6, 6.07) is 6.63. The smallest absolute Gasteiger partial charge is 0.360 e. The number of nitrogens with one attached hydrogen (secondary N) is 2. The molecule has 0 unspecified atom stereocenters. The third-order valence-electron chi connectivity index (χ3n) is 4.67. The molecule has 3 rings (SSSR count). The van der Waals surface area contributed by atoms with Crippen molar-refractivity contribution in [3.05, 3.63) is 52.0 Å². The molecule has 1 atom stereocenters. The van der Waals surface area contributed by atoms with Gasteiger partial charge in [0.1, 0.15) is 0 Å². The van der Waals surface area contributed by atoms with Crippen LogP contribution in [0.5, 0.6) is 0 Å². The molecular formula is C20H23N3O4. The van der Waals surface area contributed by atoms with Crippen LogP contribution in [-0.4, -0.2) is 34.7 Å². The third-order valence-corrected chi connectivity index (χ3v) is 4.67. The van der Waals surface area contributed by atoms with Gasteiger partial charge in [0.2, 0.25) is 0 Å². The van der Waals surface area contributed by atoms with E-state index in [0.717, 1.165) is 19.3 Å². The van der Waals surface area contributed by atoms with Crippen LogP contribution in [0.2, 0.25) is 0 Å². The van der Waals surface area contributed by atoms with Crippen LogP contribution in [0.3, 0.4) is 0 Å². The summed E-state index contributed by atoms with van der Waals surface area (Å²) in [5.74, 6) is -1.10. The maximum Gasteiger partial charge on any atom is 0.360 e. The largest absolute Gasteiger partial charge is 0.448 e. The number of esters is 1. The average Bonchev–Trinajstić information content (AvgIpc) is 2.69. The van der Waals surface area contributed by atoms with E-state index in [1.165, 1.54) is 25.3 Å². The quantitative estimate of drug-likeness (QED) is 0.602. The molecule has 1 aromatic heterocycles. The molecule has 0 spiro atoms. The van der Waals surface area contributed by atoms with Gasteiger partial charge in [-0.3, -0.25) is 9.59 Å². The van der Waals surface area contributed by atoms with E-state index < -0.39 is 12.1 Å². The average molecular weight is 369 g/mol. The van der Waals surface area contributed by atoms with E-state index in [1.807, 2.05) is 0 Å². The number of amides is 1. The molecule has 2 N–H and O–H groups in total. The van der Waals surface area contributed by atoms with Crippen LogP contribution in [0, 0.1) is 0 Å². The topological polar surface area (TPSA) is 101 Å². The summed E-state index contributed by atoms with van der Waals surface area (Å²) in [7, 11) is 0. The Hall–Kier alpha value is -2.96. The summed E-state index contributed by atoms with van der Waals surface area (Å²) in [6.07, 6.45) is 6.74. The first kappa shape index (κ1) is 18.8. The molecule has 1 aliphatic carbocycles. The van der Waals surface area contributed by atoms with Crippen LogP contribution in [0.4, 0.5) is 0 Å². The molecule has 27 heavy (non-hydrogen) atoms. The van der Waals surface area contributed by atoms with Gasteiger partial charge in [-0.15, -0.1) is 0 Å². The molecule has 7 nitrogen and oxygen atoms in total. The number of aromatic amines is 1. The van der Waals surface area contributed by atoms with E-state index in [4.69, 9.17) is 4.74 Å². The lowest BCUT2D eigenvalue weighted by molar-refractivity contribution is -0.129. The van der Waals surface area contributed by atoms with Gasteiger partial charge in [0.15, 0.2) is 11.8 Å². The van der Waals surface area contributed by atoms with Crippen molar-refractivity contribution in [3.8, 4) is 0 Å². The molecule has 0 saturated carbocycles. The molecule has 2 aromatic rings. The Kier molecular flexibility index (Phi) is 6.01. The van der Waals surface area contributed by atoms with Crippen molar-refractivity contribution in [2.24, 2.45) is 0 Å². The van der Waals surface area contributed by atoms with Crippen molar-refractivity contribution in [2.75, 3.05) is 6.54 Å². The first-order chi connectivity index (χ1) is 13.1. The molecule has 0 aliphatic heterocycles. The van der Waals surface area contributed by atoms with Gasteiger partial charge in [-0.1, -0.05) is 29.8 Å². The fraction of sp³-hybridized carbons (Fsp3) is 0.400. The van der Waals surface area contributed by atoms with Gasteiger partial charge in [-0.25, -0.2) is 9.89 Å². The second-order valence-electron chi connectivity index (χ2n) is 6.64. The number of fused-ring (bicyclic) bond motifs is 1. The summed E-state index contributed by atoms with van der Waals surface area (Å²) in [5, 5.41) is 9.61. The van der Waals surface area contributed by atoms with Gasteiger partial charge < -0.3 is 10.1 Å². The highest BCUT2D eigenvalue weighted by atomic mass is 16.5. The van der Waals surface area contributed by atoms with Gasteiger partial charge in [-0.2, -0.15) is 5.10 Å². The lowest BCUT2D eigenvalue weighted by Crippen LogP contribution is -2.36. The first-order valence-corrected chi connectivity index (χ1v) is 9.20. The van der Waals surface area contributed by atoms with E-state index in [0.29, 0.717) is 17.3 Å². The third kappa shape index (κ3) is 4.61. The monoisotopic (exact) mass is 369 g/mol. The highest BCUT2D eigenvalue weighted by Crippen LogP contribution is 2.19. The maximum atomic E-state index is 12.4. The van der Waals surface area contributed by atoms with Crippen LogP contribution in [-0.2, 0) is 9.53 Å². The Morgan fingerprint density at radius 1 is 1.26 bits per heavy atom. The van der Waals surface area contributed by atoms with Gasteiger partial charge >= 0.3 is 5.97 Å². The Bertz CT molecular complexity index is 932. The molecule has 7 heteroatoms. The Labute approximate surface area is 156 Å². The molecule has 1 aromatic carbocycles. The number of nitrogens with zero attached hydrogens (tertiary/aromatic N) is 1. The highest BCUT2D eigenvalue weighted by molar-refractivity contribution is 6.02. The van der Waals surface area contributed by atoms with Gasteiger partial charge in [0.05, 0.1) is 5.39 Å². The van der Waals surface area contributed by atoms with Crippen LogP contribution in [0.25, 0.3) is 10.8 Å². The number of benzene rings is 1. The van der Waals surface area contributed by atoms with Crippen LogP contribution < -0.4 is 10.9 Å². The summed E-state index contributed by atoms with van der Waals surface area (Å²) in [4.78, 5) is 36.4. The van der Waals surface area contributed by atoms with Crippen molar-refractivity contribution in [1.29, 1.82) is 0 Å². The number of carbonyl (C=O) groups is 2. The lowest BCUT2D eigenvalue weighted by Gasteiger charge is -2.15. The zero-order valence-corrected chi connectivity index (χ0v) is 15.3. The zero-order valence-electron chi connectivity index (χ0n) is 15.3. The normalized spacial score (nSPS) is 15.1. The molecular weight excluding hydrogens is 346 g/mol. The summed E-state index contributed by atoms with van der Waals surface area (Å²) >= 11 is 0. The van der Waals surface area contributed by atoms with Gasteiger partial charge in [0, 0.05) is 11.9 Å². The fourth-order valence-electron chi connectivity index (χ4n) is 3.16. The Morgan fingerprint density at radius 2 is 2.04 bits per heavy atom. The molecule has 0 saturated heterocycles. The fourth-order valence-corrected chi connectivity index (χ4v) is 3.16. The predicted octanol–water partition coefficient (Wildman–Crippen LogP) is 2.48. The maximum absolute atomic E-state index is 12.4. The molecule has 0 radical (unpaired) electrons. The number of hydrogen-bond donors (Lipinski definition) is 2. The molecule has 1 heterocycles. The predicted molar refractivity (Wildman–Crippen MR) is 101 cm³/mol. The van der Waals surface area contributed by atoms with Gasteiger partial charge in [0.25, 0.3) is 11.5 Å². The number of aromatic nitrogens is 2. The van der Waals surface area contributed by atoms with E-state index >= 15 is 0 Å². The Morgan fingerprint density at radius 3 is 2.78 bits per heavy atom. The van der Waals surface area contributed by atoms with Crippen LogP contribution in [0.1, 0.15) is 49.5 Å². The second kappa shape index (κ2) is 8.62. The zero-order chi connectivity index (χ0) is 19.2. The van der Waals surface area contributed by atoms with E-state index in [9.17, 15) is 14.4 Å². The van der Waals surface area contributed by atoms with E-state index in [2.05, 4.69) is 21.6 Å². The summed E-state index contributed by atoms with van der Waals surface area (Å²) < 4.78 is 5.24. The molecule has 1 amide bonds. The molecule has 0 bridgehead atoms. The minimum absolute atomic E-state index is 0.0165. The van der Waals surface area contributed by atoms with Crippen LogP contribution >= 0.6 is 0 Å². The molecule has 142 valence electrons. The lowest BCUT2D eigenvalue weighted by atomic mass is 9.97. The minimum Gasteiger partial charge on any atom is -0.448 e. The number of carbonyl (C=O) groups excluding carboxylic acids is 2.